The van der Waals surface area contributed by atoms with Crippen LogP contribution in [-0.2, 0) is 6.18 Å². The molecule has 0 aromatic carbocycles. The van der Waals surface area contributed by atoms with E-state index in [1.54, 1.807) is 6.92 Å². The molecule has 1 aromatic rings. The second-order valence-corrected chi connectivity index (χ2v) is 5.43. The minimum atomic E-state index is -4.48. The van der Waals surface area contributed by atoms with E-state index in [-0.39, 0.29) is 11.0 Å². The summed E-state index contributed by atoms with van der Waals surface area (Å²) in [6.07, 6.45) is -3.41. The fourth-order valence-electron chi connectivity index (χ4n) is 1.28. The molecular weight excluding hydrogens is 277 g/mol. The van der Waals surface area contributed by atoms with Crippen LogP contribution in [0, 0.1) is 0 Å². The highest BCUT2D eigenvalue weighted by Crippen LogP contribution is 2.31. The van der Waals surface area contributed by atoms with Crippen LogP contribution >= 0.6 is 11.9 Å². The number of ether oxygens (including phenoxy) is 1. The normalized spacial score (nSPS) is 12.9. The molecule has 0 radical (unpaired) electrons. The number of hydrogen-bond donors (Lipinski definition) is 0. The largest absolute Gasteiger partial charge is 0.494 e. The predicted octanol–water partition coefficient (Wildman–Crippen LogP) is 3.97. The van der Waals surface area contributed by atoms with E-state index in [0.29, 0.717) is 11.3 Å². The van der Waals surface area contributed by atoms with Crippen LogP contribution in [0.4, 0.5) is 13.2 Å². The van der Waals surface area contributed by atoms with Crippen molar-refractivity contribution in [2.24, 2.45) is 4.40 Å². The number of hydrogen-bond acceptors (Lipinski definition) is 4. The topological polar surface area (TPSA) is 34.5 Å². The van der Waals surface area contributed by atoms with Gasteiger partial charge in [0.25, 0.3) is 0 Å². The number of pyridine rings is 1. The van der Waals surface area contributed by atoms with Gasteiger partial charge in [0.1, 0.15) is 11.4 Å². The van der Waals surface area contributed by atoms with Crippen LogP contribution in [0.25, 0.3) is 0 Å². The van der Waals surface area contributed by atoms with Crippen molar-refractivity contribution in [3.8, 4) is 5.75 Å². The maximum Gasteiger partial charge on any atom is 0.433 e. The van der Waals surface area contributed by atoms with E-state index in [1.165, 1.54) is 19.1 Å². The van der Waals surface area contributed by atoms with Gasteiger partial charge in [0, 0.05) is 10.8 Å². The summed E-state index contributed by atoms with van der Waals surface area (Å²) in [5.74, 6) is 0.276. The third-order valence-electron chi connectivity index (χ3n) is 2.17. The maximum atomic E-state index is 12.6. The van der Waals surface area contributed by atoms with Crippen LogP contribution in [0.2, 0.25) is 0 Å². The van der Waals surface area contributed by atoms with Gasteiger partial charge in [-0.2, -0.15) is 13.2 Å². The number of aromatic nitrogens is 1. The van der Waals surface area contributed by atoms with Gasteiger partial charge in [-0.1, -0.05) is 13.8 Å². The highest BCUT2D eigenvalue weighted by atomic mass is 32.2. The van der Waals surface area contributed by atoms with Gasteiger partial charge in [-0.15, -0.1) is 0 Å². The summed E-state index contributed by atoms with van der Waals surface area (Å²) in [5.41, 5.74) is -0.172. The first kappa shape index (κ1) is 15.8. The Hall–Kier alpha value is -1.24. The molecule has 0 spiro atoms. The van der Waals surface area contributed by atoms with Crippen LogP contribution in [0.3, 0.4) is 0 Å². The van der Waals surface area contributed by atoms with Crippen LogP contribution in [0.15, 0.2) is 16.7 Å². The molecule has 1 rings (SSSR count). The molecule has 0 saturated carbocycles. The predicted molar refractivity (Wildman–Crippen MR) is 70.7 cm³/mol. The van der Waals surface area contributed by atoms with E-state index in [2.05, 4.69) is 9.38 Å². The molecule has 106 valence electrons. The van der Waals surface area contributed by atoms with E-state index in [9.17, 15) is 13.2 Å². The molecule has 0 saturated heterocycles. The fraction of sp³-hybridized carbons (Fsp3) is 0.500. The van der Waals surface area contributed by atoms with Gasteiger partial charge in [0.2, 0.25) is 0 Å². The fourth-order valence-corrected chi connectivity index (χ4v) is 1.74. The van der Waals surface area contributed by atoms with Crippen molar-refractivity contribution in [3.05, 3.63) is 23.5 Å². The van der Waals surface area contributed by atoms with Crippen molar-refractivity contribution in [2.75, 3.05) is 7.11 Å². The Morgan fingerprint density at radius 3 is 2.53 bits per heavy atom. The first-order valence-electron chi connectivity index (χ1n) is 5.57. The second kappa shape index (κ2) is 6.27. The minimum Gasteiger partial charge on any atom is -0.494 e. The molecule has 0 aliphatic rings. The summed E-state index contributed by atoms with van der Waals surface area (Å²) >= 11 is 1.30. The smallest absolute Gasteiger partial charge is 0.433 e. The molecule has 0 N–H and O–H groups in total. The molecule has 0 unspecified atom stereocenters. The standard InChI is InChI=1S/C12H15F3N2OS/c1-7(2)19-17-8(3)9-5-11(12(13,14)15)16-6-10(9)18-4/h5-7H,1-4H3/b17-8+. The Kier molecular flexibility index (Phi) is 5.22. The molecular formula is C12H15F3N2OS. The number of alkyl halides is 3. The first-order valence-corrected chi connectivity index (χ1v) is 6.41. The lowest BCUT2D eigenvalue weighted by Crippen LogP contribution is -2.10. The van der Waals surface area contributed by atoms with E-state index in [1.807, 2.05) is 13.8 Å². The van der Waals surface area contributed by atoms with Crippen molar-refractivity contribution >= 4 is 17.7 Å². The highest BCUT2D eigenvalue weighted by molar-refractivity contribution is 7.98. The average molecular weight is 292 g/mol. The summed E-state index contributed by atoms with van der Waals surface area (Å²) in [6.45, 7) is 5.55. The van der Waals surface area contributed by atoms with Crippen molar-refractivity contribution < 1.29 is 17.9 Å². The lowest BCUT2D eigenvalue weighted by atomic mass is 10.1. The number of nitrogens with zero attached hydrogens (tertiary/aromatic N) is 2. The summed E-state index contributed by atoms with van der Waals surface area (Å²) in [6, 6.07) is 0.957. The zero-order chi connectivity index (χ0) is 14.6. The SMILES string of the molecule is COc1cnc(C(F)(F)F)cc1/C(C)=N/SC(C)C. The van der Waals surface area contributed by atoms with Crippen LogP contribution in [0.5, 0.6) is 5.75 Å². The van der Waals surface area contributed by atoms with Crippen molar-refractivity contribution in [1.82, 2.24) is 4.98 Å². The highest BCUT2D eigenvalue weighted by Gasteiger charge is 2.33. The lowest BCUT2D eigenvalue weighted by molar-refractivity contribution is -0.141. The summed E-state index contributed by atoms with van der Waals surface area (Å²) < 4.78 is 47.1. The zero-order valence-electron chi connectivity index (χ0n) is 11.1. The molecule has 0 aliphatic carbocycles. The van der Waals surface area contributed by atoms with Crippen LogP contribution in [-0.4, -0.2) is 23.1 Å². The van der Waals surface area contributed by atoms with Crippen molar-refractivity contribution in [3.63, 3.8) is 0 Å². The van der Waals surface area contributed by atoms with Gasteiger partial charge >= 0.3 is 6.18 Å². The quantitative estimate of drug-likeness (QED) is 0.622. The molecule has 0 amide bonds. The van der Waals surface area contributed by atoms with E-state index >= 15 is 0 Å². The molecule has 19 heavy (non-hydrogen) atoms. The summed E-state index contributed by atoms with van der Waals surface area (Å²) in [7, 11) is 1.39. The van der Waals surface area contributed by atoms with Gasteiger partial charge in [0.05, 0.1) is 19.0 Å². The van der Waals surface area contributed by atoms with E-state index in [4.69, 9.17) is 4.74 Å². The number of halogens is 3. The molecule has 0 atom stereocenters. The second-order valence-electron chi connectivity index (χ2n) is 4.10. The Morgan fingerprint density at radius 1 is 1.42 bits per heavy atom. The minimum absolute atomic E-state index is 0.255. The molecule has 0 aliphatic heterocycles. The number of methoxy groups -OCH3 is 1. The molecule has 0 bridgehead atoms. The molecule has 1 aromatic heterocycles. The van der Waals surface area contributed by atoms with Gasteiger partial charge in [-0.25, -0.2) is 9.38 Å². The first-order chi connectivity index (χ1) is 8.75. The Bertz CT molecular complexity index is 473. The van der Waals surface area contributed by atoms with Gasteiger partial charge in [-0.3, -0.25) is 0 Å². The average Bonchev–Trinajstić information content (AvgIpc) is 2.33. The van der Waals surface area contributed by atoms with Gasteiger partial charge in [0.15, 0.2) is 0 Å². The van der Waals surface area contributed by atoms with Crippen molar-refractivity contribution in [2.45, 2.75) is 32.2 Å². The monoisotopic (exact) mass is 292 g/mol. The third kappa shape index (κ3) is 4.41. The Morgan fingerprint density at radius 2 is 2.05 bits per heavy atom. The van der Waals surface area contributed by atoms with Crippen LogP contribution < -0.4 is 4.74 Å². The molecule has 7 heteroatoms. The van der Waals surface area contributed by atoms with Crippen LogP contribution in [0.1, 0.15) is 32.0 Å². The zero-order valence-corrected chi connectivity index (χ0v) is 11.9. The lowest BCUT2D eigenvalue weighted by Gasteiger charge is -2.11. The van der Waals surface area contributed by atoms with Gasteiger partial charge < -0.3 is 4.74 Å². The third-order valence-corrected chi connectivity index (χ3v) is 2.97. The summed E-state index contributed by atoms with van der Waals surface area (Å²) in [4.78, 5) is 3.35. The Balaban J connectivity index is 3.19. The van der Waals surface area contributed by atoms with Gasteiger partial charge in [-0.05, 0) is 24.9 Å². The van der Waals surface area contributed by atoms with E-state index < -0.39 is 11.9 Å². The molecule has 3 nitrogen and oxygen atoms in total. The summed E-state index contributed by atoms with van der Waals surface area (Å²) in [5, 5.41) is 0.255. The molecule has 1 heterocycles. The van der Waals surface area contributed by atoms with Crippen molar-refractivity contribution in [1.29, 1.82) is 0 Å². The Labute approximate surface area is 114 Å². The maximum absolute atomic E-state index is 12.6. The van der Waals surface area contributed by atoms with E-state index in [0.717, 1.165) is 12.3 Å². The number of rotatable bonds is 4. The molecule has 0 fully saturated rings.